The molecule has 0 heterocycles. The van der Waals surface area contributed by atoms with Crippen molar-refractivity contribution >= 4 is 5.97 Å². The molecule has 0 fully saturated rings. The number of hydrogen-bond acceptors (Lipinski definition) is 4. The van der Waals surface area contributed by atoms with Crippen LogP contribution in [0.4, 0.5) is 0 Å². The van der Waals surface area contributed by atoms with E-state index in [2.05, 4.69) is 6.92 Å². The highest BCUT2D eigenvalue weighted by molar-refractivity contribution is 5.69. The van der Waals surface area contributed by atoms with Gasteiger partial charge in [0.1, 0.15) is 0 Å². The Morgan fingerprint density at radius 2 is 1.14 bits per heavy atom. The average Bonchev–Trinajstić information content (AvgIpc) is 2.67. The fraction of sp³-hybridized carbons (Fsp3) is 0.960. The van der Waals surface area contributed by atoms with E-state index in [-0.39, 0.29) is 19.2 Å². The highest BCUT2D eigenvalue weighted by Gasteiger charge is 2.19. The molecule has 0 aromatic rings. The maximum atomic E-state index is 11.7. The molecule has 0 aliphatic carbocycles. The highest BCUT2D eigenvalue weighted by Crippen LogP contribution is 2.15. The molecule has 0 saturated carbocycles. The molecule has 0 radical (unpaired) electrons. The van der Waals surface area contributed by atoms with Gasteiger partial charge in [0.15, 0.2) is 0 Å². The number of aliphatic hydroxyl groups excluding tert-OH is 1. The van der Waals surface area contributed by atoms with Crippen molar-refractivity contribution < 1.29 is 19.7 Å². The van der Waals surface area contributed by atoms with Gasteiger partial charge in [0.05, 0.1) is 12.2 Å². The first-order valence-electron chi connectivity index (χ1n) is 12.5. The largest absolute Gasteiger partial charge is 0.466 e. The Balaban J connectivity index is 3.24. The molecule has 0 saturated heterocycles. The van der Waals surface area contributed by atoms with Crippen molar-refractivity contribution in [3.63, 3.8) is 0 Å². The molecule has 1 atom stereocenters. The Labute approximate surface area is 180 Å². The lowest BCUT2D eigenvalue weighted by Gasteiger charge is -2.21. The number of ether oxygens (including phenoxy) is 1. The molecule has 29 heavy (non-hydrogen) atoms. The Hall–Kier alpha value is -0.610. The van der Waals surface area contributed by atoms with E-state index in [1.165, 1.54) is 89.9 Å². The first kappa shape index (κ1) is 28.4. The quantitative estimate of drug-likeness (QED) is 0.153. The molecule has 0 aromatic heterocycles. The molecule has 0 aliphatic heterocycles. The topological polar surface area (TPSA) is 66.8 Å². The zero-order valence-electron chi connectivity index (χ0n) is 19.6. The molecule has 0 spiro atoms. The second kappa shape index (κ2) is 20.7. The van der Waals surface area contributed by atoms with Crippen molar-refractivity contribution in [2.45, 2.75) is 141 Å². The second-order valence-electron chi connectivity index (χ2n) is 8.99. The van der Waals surface area contributed by atoms with Crippen LogP contribution < -0.4 is 0 Å². The third kappa shape index (κ3) is 21.9. The maximum Gasteiger partial charge on any atom is 0.305 e. The minimum atomic E-state index is -0.955. The van der Waals surface area contributed by atoms with E-state index < -0.39 is 5.60 Å². The van der Waals surface area contributed by atoms with Gasteiger partial charge in [-0.25, -0.2) is 0 Å². The van der Waals surface area contributed by atoms with E-state index in [0.717, 1.165) is 12.8 Å². The van der Waals surface area contributed by atoms with Gasteiger partial charge in [-0.3, -0.25) is 4.79 Å². The van der Waals surface area contributed by atoms with Gasteiger partial charge in [0.2, 0.25) is 0 Å². The molecule has 2 N–H and O–H groups in total. The average molecular weight is 415 g/mol. The van der Waals surface area contributed by atoms with E-state index in [4.69, 9.17) is 9.84 Å². The molecular weight excluding hydrogens is 364 g/mol. The highest BCUT2D eigenvalue weighted by atomic mass is 16.5. The lowest BCUT2D eigenvalue weighted by atomic mass is 9.99. The molecule has 0 rings (SSSR count). The number of unbranched alkanes of at least 4 members (excludes halogenated alkanes) is 15. The molecule has 0 aromatic carbocycles. The normalized spacial score (nSPS) is 13.4. The number of carbonyl (C=O) groups excluding carboxylic acids is 1. The summed E-state index contributed by atoms with van der Waals surface area (Å²) in [7, 11) is 0. The van der Waals surface area contributed by atoms with Crippen LogP contribution in [0, 0.1) is 0 Å². The molecule has 1 unspecified atom stereocenters. The summed E-state index contributed by atoms with van der Waals surface area (Å²) in [6, 6.07) is 0. The second-order valence-corrected chi connectivity index (χ2v) is 8.99. The van der Waals surface area contributed by atoms with Gasteiger partial charge in [-0.1, -0.05) is 103 Å². The van der Waals surface area contributed by atoms with Gasteiger partial charge < -0.3 is 14.9 Å². The summed E-state index contributed by atoms with van der Waals surface area (Å²) in [4.78, 5) is 11.7. The monoisotopic (exact) mass is 414 g/mol. The minimum absolute atomic E-state index is 0.0554. The summed E-state index contributed by atoms with van der Waals surface area (Å²) in [6.07, 6.45) is 22.3. The van der Waals surface area contributed by atoms with Gasteiger partial charge >= 0.3 is 5.97 Å². The first-order valence-corrected chi connectivity index (χ1v) is 12.5. The zero-order chi connectivity index (χ0) is 21.6. The predicted octanol–water partition coefficient (Wildman–Crippen LogP) is 6.70. The summed E-state index contributed by atoms with van der Waals surface area (Å²) in [6.45, 7) is 4.10. The lowest BCUT2D eigenvalue weighted by molar-refractivity contribution is -0.145. The Kier molecular flexibility index (Phi) is 20.2. The summed E-state index contributed by atoms with van der Waals surface area (Å²) in [5, 5.41) is 18.8. The van der Waals surface area contributed by atoms with E-state index in [0.29, 0.717) is 19.3 Å². The van der Waals surface area contributed by atoms with Gasteiger partial charge in [0.25, 0.3) is 0 Å². The van der Waals surface area contributed by atoms with Gasteiger partial charge in [-0.2, -0.15) is 0 Å². The van der Waals surface area contributed by atoms with Crippen LogP contribution in [-0.4, -0.2) is 35.0 Å². The Morgan fingerprint density at radius 3 is 1.55 bits per heavy atom. The third-order valence-corrected chi connectivity index (χ3v) is 5.79. The van der Waals surface area contributed by atoms with Crippen LogP contribution in [0.1, 0.15) is 136 Å². The molecule has 0 amide bonds. The van der Waals surface area contributed by atoms with Crippen molar-refractivity contribution in [2.75, 3.05) is 13.2 Å². The standard InChI is InChI=1S/C25H50O4/c1-3-4-5-6-7-8-9-10-11-12-13-14-15-16-17-18-19-24(27)29-23-21-25(2,28)20-22-26/h26,28H,3-23H2,1-2H3. The summed E-state index contributed by atoms with van der Waals surface area (Å²) in [5.74, 6) is -0.171. The van der Waals surface area contributed by atoms with Crippen LogP contribution in [0.25, 0.3) is 0 Å². The number of esters is 1. The molecule has 4 heteroatoms. The number of rotatable bonds is 22. The molecule has 0 bridgehead atoms. The zero-order valence-corrected chi connectivity index (χ0v) is 19.6. The SMILES string of the molecule is CCCCCCCCCCCCCCCCCCC(=O)OCCC(C)(O)CCO. The van der Waals surface area contributed by atoms with Crippen LogP contribution in [0.5, 0.6) is 0 Å². The van der Waals surface area contributed by atoms with Crippen molar-refractivity contribution in [1.82, 2.24) is 0 Å². The Morgan fingerprint density at radius 1 is 0.724 bits per heavy atom. The smallest absolute Gasteiger partial charge is 0.305 e. The Bertz CT molecular complexity index is 355. The number of carbonyl (C=O) groups is 1. The molecule has 4 nitrogen and oxygen atoms in total. The summed E-state index contributed by atoms with van der Waals surface area (Å²) >= 11 is 0. The van der Waals surface area contributed by atoms with E-state index in [1.807, 2.05) is 0 Å². The van der Waals surface area contributed by atoms with Crippen molar-refractivity contribution in [3.8, 4) is 0 Å². The molecule has 0 aliphatic rings. The van der Waals surface area contributed by atoms with Crippen molar-refractivity contribution in [2.24, 2.45) is 0 Å². The van der Waals surface area contributed by atoms with E-state index in [1.54, 1.807) is 6.92 Å². The lowest BCUT2D eigenvalue weighted by Crippen LogP contribution is -2.27. The summed E-state index contributed by atoms with van der Waals surface area (Å²) in [5.41, 5.74) is -0.955. The third-order valence-electron chi connectivity index (χ3n) is 5.79. The number of hydrogen-bond donors (Lipinski definition) is 2. The van der Waals surface area contributed by atoms with Crippen LogP contribution in [0.3, 0.4) is 0 Å². The number of aliphatic hydroxyl groups is 2. The van der Waals surface area contributed by atoms with Crippen LogP contribution in [-0.2, 0) is 9.53 Å². The van der Waals surface area contributed by atoms with Crippen molar-refractivity contribution in [3.05, 3.63) is 0 Å². The van der Waals surface area contributed by atoms with Crippen LogP contribution in [0.2, 0.25) is 0 Å². The predicted molar refractivity (Wildman–Crippen MR) is 122 cm³/mol. The van der Waals surface area contributed by atoms with E-state index in [9.17, 15) is 9.90 Å². The minimum Gasteiger partial charge on any atom is -0.466 e. The molecular formula is C25H50O4. The van der Waals surface area contributed by atoms with Gasteiger partial charge in [0, 0.05) is 19.4 Å². The maximum absolute atomic E-state index is 11.7. The fourth-order valence-electron chi connectivity index (χ4n) is 3.64. The molecule has 174 valence electrons. The van der Waals surface area contributed by atoms with Crippen LogP contribution >= 0.6 is 0 Å². The van der Waals surface area contributed by atoms with Gasteiger partial charge in [-0.15, -0.1) is 0 Å². The van der Waals surface area contributed by atoms with Crippen molar-refractivity contribution in [1.29, 1.82) is 0 Å². The van der Waals surface area contributed by atoms with Gasteiger partial charge in [-0.05, 0) is 19.8 Å². The first-order chi connectivity index (χ1) is 14.0. The fourth-order valence-corrected chi connectivity index (χ4v) is 3.64. The summed E-state index contributed by atoms with van der Waals surface area (Å²) < 4.78 is 5.17. The van der Waals surface area contributed by atoms with E-state index >= 15 is 0 Å². The van der Waals surface area contributed by atoms with Crippen LogP contribution in [0.15, 0.2) is 0 Å².